The number of fused-ring (bicyclic) bond motifs is 2. The molecule has 3 fully saturated rings. The molecule has 0 amide bonds. The molecule has 0 aromatic heterocycles. The van der Waals surface area contributed by atoms with Crippen LogP contribution in [0.25, 0.3) is 0 Å². The van der Waals surface area contributed by atoms with E-state index in [1.807, 2.05) is 13.8 Å². The Morgan fingerprint density at radius 1 is 1.31 bits per heavy atom. The molecule has 0 saturated heterocycles. The van der Waals surface area contributed by atoms with Gasteiger partial charge in [0.15, 0.2) is 0 Å². The Morgan fingerprint density at radius 2 is 1.85 bits per heavy atom. The molecule has 3 aliphatic carbocycles. The zero-order chi connectivity index (χ0) is 10.0. The molecule has 1 unspecified atom stereocenters. The first kappa shape index (κ1) is 8.88. The van der Waals surface area contributed by atoms with Gasteiger partial charge in [-0.1, -0.05) is 13.8 Å². The fourth-order valence-corrected chi connectivity index (χ4v) is 2.89. The van der Waals surface area contributed by atoms with Crippen LogP contribution >= 0.6 is 0 Å². The molecule has 1 N–H and O–H groups in total. The van der Waals surface area contributed by atoms with Crippen molar-refractivity contribution < 1.29 is 14.7 Å². The minimum Gasteiger partial charge on any atom is -0.382 e. The van der Waals surface area contributed by atoms with Crippen molar-refractivity contribution in [1.29, 1.82) is 0 Å². The van der Waals surface area contributed by atoms with Gasteiger partial charge >= 0.3 is 0 Å². The Hall–Kier alpha value is -0.700. The Morgan fingerprint density at radius 3 is 2.23 bits per heavy atom. The lowest BCUT2D eigenvalue weighted by Crippen LogP contribution is -2.69. The van der Waals surface area contributed by atoms with Crippen LogP contribution in [-0.2, 0) is 9.59 Å². The quantitative estimate of drug-likeness (QED) is 0.557. The van der Waals surface area contributed by atoms with E-state index in [0.29, 0.717) is 6.42 Å². The molecule has 0 aliphatic heterocycles. The second-order valence-corrected chi connectivity index (χ2v) is 5.00. The van der Waals surface area contributed by atoms with Gasteiger partial charge in [0.1, 0.15) is 5.60 Å². The fourth-order valence-electron chi connectivity index (χ4n) is 2.89. The molecular weight excluding hydrogens is 168 g/mol. The average Bonchev–Trinajstić information content (AvgIpc) is 1.98. The van der Waals surface area contributed by atoms with Crippen LogP contribution < -0.4 is 0 Å². The van der Waals surface area contributed by atoms with Gasteiger partial charge in [-0.05, 0) is 18.8 Å². The van der Waals surface area contributed by atoms with Crippen LogP contribution in [0, 0.1) is 17.3 Å². The third-order valence-corrected chi connectivity index (χ3v) is 3.95. The molecule has 3 heteroatoms. The molecule has 0 radical (unpaired) electrons. The smallest absolute Gasteiger partial charge is 0.230 e. The summed E-state index contributed by atoms with van der Waals surface area (Å²) in [6, 6.07) is 0. The summed E-state index contributed by atoms with van der Waals surface area (Å²) in [4.78, 5) is 22.9. The van der Waals surface area contributed by atoms with Gasteiger partial charge in [0.25, 0.3) is 0 Å². The van der Waals surface area contributed by atoms with E-state index in [4.69, 9.17) is 0 Å². The van der Waals surface area contributed by atoms with E-state index in [1.165, 1.54) is 6.92 Å². The van der Waals surface area contributed by atoms with Gasteiger partial charge in [-0.2, -0.15) is 0 Å². The topological polar surface area (TPSA) is 54.4 Å². The van der Waals surface area contributed by atoms with Crippen molar-refractivity contribution in [2.45, 2.75) is 32.8 Å². The number of aliphatic hydroxyl groups is 1. The highest BCUT2D eigenvalue weighted by Gasteiger charge is 2.67. The molecule has 0 spiro atoms. The monoisotopic (exact) mass is 182 g/mol. The molecule has 2 bridgehead atoms. The average molecular weight is 182 g/mol. The van der Waals surface area contributed by atoms with Gasteiger partial charge in [0, 0.05) is 11.8 Å². The number of ketones is 2. The Balaban J connectivity index is 2.45. The third kappa shape index (κ3) is 0.784. The zero-order valence-electron chi connectivity index (χ0n) is 8.13. The van der Waals surface area contributed by atoms with Crippen LogP contribution in [-0.4, -0.2) is 22.3 Å². The lowest BCUT2D eigenvalue weighted by Gasteiger charge is -2.59. The van der Waals surface area contributed by atoms with Crippen LogP contribution in [0.3, 0.4) is 0 Å². The maximum Gasteiger partial charge on any atom is 0.230 e. The van der Waals surface area contributed by atoms with Crippen LogP contribution in [0.15, 0.2) is 0 Å². The molecule has 0 heterocycles. The first-order chi connectivity index (χ1) is 5.79. The van der Waals surface area contributed by atoms with Crippen molar-refractivity contribution >= 4 is 11.6 Å². The van der Waals surface area contributed by atoms with Gasteiger partial charge in [-0.15, -0.1) is 0 Å². The van der Waals surface area contributed by atoms with Crippen molar-refractivity contribution in [3.63, 3.8) is 0 Å². The Bertz CT molecular complexity index is 301. The molecule has 3 saturated carbocycles. The molecule has 3 atom stereocenters. The summed E-state index contributed by atoms with van der Waals surface area (Å²) < 4.78 is 0. The molecule has 13 heavy (non-hydrogen) atoms. The lowest BCUT2D eigenvalue weighted by molar-refractivity contribution is -0.197. The Labute approximate surface area is 77.1 Å². The van der Waals surface area contributed by atoms with Crippen molar-refractivity contribution in [2.75, 3.05) is 0 Å². The van der Waals surface area contributed by atoms with Crippen LogP contribution in [0.5, 0.6) is 0 Å². The molecule has 3 nitrogen and oxygen atoms in total. The third-order valence-electron chi connectivity index (χ3n) is 3.95. The second kappa shape index (κ2) is 2.03. The summed E-state index contributed by atoms with van der Waals surface area (Å²) in [7, 11) is 0. The van der Waals surface area contributed by atoms with E-state index in [9.17, 15) is 14.7 Å². The number of hydrogen-bond acceptors (Lipinski definition) is 3. The van der Waals surface area contributed by atoms with Gasteiger partial charge in [-0.3, -0.25) is 9.59 Å². The van der Waals surface area contributed by atoms with Gasteiger partial charge in [-0.25, -0.2) is 0 Å². The number of Topliss-reactive ketones (excluding diaryl/α,β-unsaturated/α-hetero) is 2. The van der Waals surface area contributed by atoms with E-state index < -0.39 is 11.4 Å². The SMILES string of the molecule is CC1(C)C2C[C@@H]1C(=O)C(=O)[C@]2(C)O. The summed E-state index contributed by atoms with van der Waals surface area (Å²) in [5, 5.41) is 9.89. The molecular formula is C10H14O3. The number of hydrogen-bond donors (Lipinski definition) is 1. The predicted octanol–water partition coefficient (Wildman–Crippen LogP) is 0.551. The summed E-state index contributed by atoms with van der Waals surface area (Å²) in [6.07, 6.45) is 0.671. The minimum absolute atomic E-state index is 0.0461. The standard InChI is InChI=1S/C10H14O3/c1-9(2)5-4-6(9)10(3,13)8(12)7(5)11/h5-6,13H,4H2,1-3H3/t5-,6?,10-/m1/s1. The van der Waals surface area contributed by atoms with E-state index >= 15 is 0 Å². The van der Waals surface area contributed by atoms with E-state index in [0.717, 1.165) is 0 Å². The van der Waals surface area contributed by atoms with Gasteiger partial charge in [0.05, 0.1) is 0 Å². The maximum absolute atomic E-state index is 11.5. The maximum atomic E-state index is 11.5. The van der Waals surface area contributed by atoms with Gasteiger partial charge in [0.2, 0.25) is 11.6 Å². The highest BCUT2D eigenvalue weighted by atomic mass is 16.3. The van der Waals surface area contributed by atoms with Crippen molar-refractivity contribution in [3.8, 4) is 0 Å². The summed E-state index contributed by atoms with van der Waals surface area (Å²) in [5.41, 5.74) is -1.62. The molecule has 72 valence electrons. The Kier molecular flexibility index (Phi) is 1.39. The number of carbonyl (C=O) groups is 2. The first-order valence-corrected chi connectivity index (χ1v) is 4.60. The lowest BCUT2D eigenvalue weighted by atomic mass is 9.43. The molecule has 3 aliphatic rings. The summed E-state index contributed by atoms with van der Waals surface area (Å²) >= 11 is 0. The second-order valence-electron chi connectivity index (χ2n) is 5.00. The molecule has 0 aromatic carbocycles. The highest BCUT2D eigenvalue weighted by Crippen LogP contribution is 2.59. The van der Waals surface area contributed by atoms with Gasteiger partial charge < -0.3 is 5.11 Å². The predicted molar refractivity (Wildman–Crippen MR) is 46.0 cm³/mol. The summed E-state index contributed by atoms with van der Waals surface area (Å²) in [5.74, 6) is -1.16. The van der Waals surface area contributed by atoms with Crippen LogP contribution in [0.4, 0.5) is 0 Å². The van der Waals surface area contributed by atoms with E-state index in [2.05, 4.69) is 0 Å². The summed E-state index contributed by atoms with van der Waals surface area (Å²) in [6.45, 7) is 5.37. The van der Waals surface area contributed by atoms with E-state index in [-0.39, 0.29) is 23.0 Å². The fraction of sp³-hybridized carbons (Fsp3) is 0.800. The normalized spacial score (nSPS) is 47.4. The van der Waals surface area contributed by atoms with Crippen molar-refractivity contribution in [1.82, 2.24) is 0 Å². The van der Waals surface area contributed by atoms with Crippen LogP contribution in [0.2, 0.25) is 0 Å². The highest BCUT2D eigenvalue weighted by molar-refractivity contribution is 6.42. The number of carbonyl (C=O) groups excluding carboxylic acids is 2. The van der Waals surface area contributed by atoms with Crippen molar-refractivity contribution in [3.05, 3.63) is 0 Å². The van der Waals surface area contributed by atoms with Crippen molar-refractivity contribution in [2.24, 2.45) is 17.3 Å². The number of rotatable bonds is 0. The molecule has 0 aromatic rings. The zero-order valence-corrected chi connectivity index (χ0v) is 8.13. The minimum atomic E-state index is -1.42. The molecule has 3 rings (SSSR count). The first-order valence-electron chi connectivity index (χ1n) is 4.60. The van der Waals surface area contributed by atoms with E-state index in [1.54, 1.807) is 0 Å². The van der Waals surface area contributed by atoms with Crippen LogP contribution in [0.1, 0.15) is 27.2 Å². The largest absolute Gasteiger partial charge is 0.382 e.